The van der Waals surface area contributed by atoms with E-state index in [-0.39, 0.29) is 0 Å². The van der Waals surface area contributed by atoms with E-state index in [0.29, 0.717) is 10.7 Å². The average molecular weight is 250 g/mol. The third-order valence-corrected chi connectivity index (χ3v) is 1.90. The molecule has 1 rings (SSSR count). The number of carbonyl (C=O) groups excluding carboxylic acids is 1. The SMILES string of the molecule is O=C(CC(F)=C(F)F)Nc1ccc(Cl)cc1. The predicted octanol–water partition coefficient (Wildman–Crippen LogP) is 3.75. The summed E-state index contributed by atoms with van der Waals surface area (Å²) in [6, 6.07) is 5.99. The first-order valence-corrected chi connectivity index (χ1v) is 4.62. The van der Waals surface area contributed by atoms with Crippen LogP contribution in [0.3, 0.4) is 0 Å². The summed E-state index contributed by atoms with van der Waals surface area (Å²) < 4.78 is 35.8. The largest absolute Gasteiger partial charge is 0.326 e. The van der Waals surface area contributed by atoms with Crippen LogP contribution in [0.25, 0.3) is 0 Å². The molecule has 1 aromatic rings. The van der Waals surface area contributed by atoms with Crippen LogP contribution in [0.1, 0.15) is 6.42 Å². The lowest BCUT2D eigenvalue weighted by molar-refractivity contribution is -0.115. The van der Waals surface area contributed by atoms with Gasteiger partial charge in [-0.2, -0.15) is 8.78 Å². The van der Waals surface area contributed by atoms with Gasteiger partial charge >= 0.3 is 6.08 Å². The lowest BCUT2D eigenvalue weighted by Crippen LogP contribution is -2.11. The zero-order chi connectivity index (χ0) is 12.1. The molecule has 0 aliphatic rings. The molecule has 0 aliphatic carbocycles. The Kier molecular flexibility index (Phi) is 4.37. The molecular weight excluding hydrogens is 243 g/mol. The van der Waals surface area contributed by atoms with E-state index in [9.17, 15) is 18.0 Å². The number of benzene rings is 1. The number of rotatable bonds is 3. The minimum atomic E-state index is -2.48. The summed E-state index contributed by atoms with van der Waals surface area (Å²) in [5.41, 5.74) is 0.362. The Morgan fingerprint density at radius 2 is 1.75 bits per heavy atom. The molecule has 2 nitrogen and oxygen atoms in total. The van der Waals surface area contributed by atoms with Gasteiger partial charge in [0.2, 0.25) is 5.91 Å². The van der Waals surface area contributed by atoms with Crippen molar-refractivity contribution >= 4 is 23.2 Å². The van der Waals surface area contributed by atoms with Crippen LogP contribution < -0.4 is 5.32 Å². The topological polar surface area (TPSA) is 29.1 Å². The quantitative estimate of drug-likeness (QED) is 0.869. The Hall–Kier alpha value is -1.49. The van der Waals surface area contributed by atoms with Crippen LogP contribution in [0.5, 0.6) is 0 Å². The van der Waals surface area contributed by atoms with E-state index >= 15 is 0 Å². The van der Waals surface area contributed by atoms with Crippen LogP contribution in [0, 0.1) is 0 Å². The summed E-state index contributed by atoms with van der Waals surface area (Å²) in [5.74, 6) is -2.58. The van der Waals surface area contributed by atoms with Gasteiger partial charge in [0.15, 0.2) is 5.83 Å². The molecule has 1 aromatic carbocycles. The van der Waals surface area contributed by atoms with Crippen LogP contribution in [-0.4, -0.2) is 5.91 Å². The Bertz CT molecular complexity index is 413. The Morgan fingerprint density at radius 3 is 2.25 bits per heavy atom. The smallest absolute Gasteiger partial charge is 0.302 e. The van der Waals surface area contributed by atoms with Crippen molar-refractivity contribution in [2.45, 2.75) is 6.42 Å². The van der Waals surface area contributed by atoms with Crippen molar-refractivity contribution in [3.63, 3.8) is 0 Å². The van der Waals surface area contributed by atoms with Gasteiger partial charge in [-0.1, -0.05) is 11.6 Å². The minimum absolute atomic E-state index is 0.362. The number of amides is 1. The third-order valence-electron chi connectivity index (χ3n) is 1.65. The minimum Gasteiger partial charge on any atom is -0.326 e. The Labute approximate surface area is 94.7 Å². The zero-order valence-electron chi connectivity index (χ0n) is 7.94. The number of nitrogens with one attached hydrogen (secondary N) is 1. The fraction of sp³-hybridized carbons (Fsp3) is 0.100. The van der Waals surface area contributed by atoms with Gasteiger partial charge in [0.05, 0.1) is 6.42 Å². The summed E-state index contributed by atoms with van der Waals surface area (Å²) in [6.45, 7) is 0. The molecule has 86 valence electrons. The molecule has 0 fully saturated rings. The maximum absolute atomic E-state index is 12.4. The van der Waals surface area contributed by atoms with E-state index in [1.54, 1.807) is 0 Å². The first kappa shape index (κ1) is 12.6. The normalized spacial score (nSPS) is 9.75. The number of carbonyl (C=O) groups is 1. The summed E-state index contributed by atoms with van der Waals surface area (Å²) in [4.78, 5) is 11.1. The van der Waals surface area contributed by atoms with Crippen molar-refractivity contribution in [2.24, 2.45) is 0 Å². The fourth-order valence-electron chi connectivity index (χ4n) is 0.946. The van der Waals surface area contributed by atoms with E-state index in [4.69, 9.17) is 11.6 Å². The predicted molar refractivity (Wildman–Crippen MR) is 55.0 cm³/mol. The molecule has 0 aliphatic heterocycles. The number of hydrogen-bond acceptors (Lipinski definition) is 1. The van der Waals surface area contributed by atoms with Crippen molar-refractivity contribution in [1.29, 1.82) is 0 Å². The summed E-state index contributed by atoms with van der Waals surface area (Å²) in [5, 5.41) is 2.72. The molecule has 0 saturated carbocycles. The van der Waals surface area contributed by atoms with Crippen LogP contribution in [-0.2, 0) is 4.79 Å². The molecule has 0 saturated heterocycles. The summed E-state index contributed by atoms with van der Waals surface area (Å²) in [6.07, 6.45) is -3.46. The molecule has 0 bridgehead atoms. The lowest BCUT2D eigenvalue weighted by Gasteiger charge is -2.03. The van der Waals surface area contributed by atoms with Gasteiger partial charge in [-0.25, -0.2) is 4.39 Å². The van der Waals surface area contributed by atoms with E-state index in [1.165, 1.54) is 24.3 Å². The average Bonchev–Trinajstić information content (AvgIpc) is 2.21. The van der Waals surface area contributed by atoms with E-state index in [2.05, 4.69) is 5.32 Å². The van der Waals surface area contributed by atoms with Crippen molar-refractivity contribution in [2.75, 3.05) is 5.32 Å². The van der Waals surface area contributed by atoms with Gasteiger partial charge in [0.1, 0.15) is 0 Å². The van der Waals surface area contributed by atoms with Crippen LogP contribution >= 0.6 is 11.6 Å². The molecule has 0 unspecified atom stereocenters. The standard InChI is InChI=1S/C10H7ClF3NO/c11-6-1-3-7(4-2-6)15-9(16)5-8(12)10(13)14/h1-4H,5H2,(H,15,16). The highest BCUT2D eigenvalue weighted by Gasteiger charge is 2.11. The van der Waals surface area contributed by atoms with Crippen molar-refractivity contribution in [3.8, 4) is 0 Å². The summed E-state index contributed by atoms with van der Waals surface area (Å²) >= 11 is 5.59. The van der Waals surface area contributed by atoms with E-state index in [1.807, 2.05) is 0 Å². The molecule has 1 N–H and O–H groups in total. The highest BCUT2D eigenvalue weighted by molar-refractivity contribution is 6.30. The molecule has 1 amide bonds. The van der Waals surface area contributed by atoms with Crippen molar-refractivity contribution in [3.05, 3.63) is 41.2 Å². The van der Waals surface area contributed by atoms with Gasteiger partial charge in [0.25, 0.3) is 0 Å². The summed E-state index contributed by atoms with van der Waals surface area (Å²) in [7, 11) is 0. The van der Waals surface area contributed by atoms with Crippen molar-refractivity contribution in [1.82, 2.24) is 0 Å². The maximum atomic E-state index is 12.4. The van der Waals surface area contributed by atoms with Gasteiger partial charge in [-0.3, -0.25) is 4.79 Å². The molecular formula is C10H7ClF3NO. The molecule has 6 heteroatoms. The lowest BCUT2D eigenvalue weighted by atomic mass is 10.3. The molecule has 0 atom stereocenters. The van der Waals surface area contributed by atoms with Crippen molar-refractivity contribution < 1.29 is 18.0 Å². The Morgan fingerprint density at radius 1 is 1.19 bits per heavy atom. The highest BCUT2D eigenvalue weighted by Crippen LogP contribution is 2.16. The highest BCUT2D eigenvalue weighted by atomic mass is 35.5. The number of anilines is 1. The maximum Gasteiger partial charge on any atom is 0.302 e. The molecule has 0 radical (unpaired) electrons. The van der Waals surface area contributed by atoms with Gasteiger partial charge < -0.3 is 5.32 Å². The Balaban J connectivity index is 2.59. The van der Waals surface area contributed by atoms with E-state index < -0.39 is 24.2 Å². The second-order valence-electron chi connectivity index (χ2n) is 2.90. The molecule has 16 heavy (non-hydrogen) atoms. The van der Waals surface area contributed by atoms with Gasteiger partial charge in [-0.05, 0) is 24.3 Å². The fourth-order valence-corrected chi connectivity index (χ4v) is 1.07. The molecule has 0 spiro atoms. The second-order valence-corrected chi connectivity index (χ2v) is 3.33. The van der Waals surface area contributed by atoms with Gasteiger partial charge in [-0.15, -0.1) is 0 Å². The van der Waals surface area contributed by atoms with Crippen LogP contribution in [0.4, 0.5) is 18.9 Å². The molecule has 0 aromatic heterocycles. The van der Waals surface area contributed by atoms with Gasteiger partial charge in [0, 0.05) is 10.7 Å². The monoisotopic (exact) mass is 249 g/mol. The first-order valence-electron chi connectivity index (χ1n) is 4.24. The number of halogens is 4. The second kappa shape index (κ2) is 5.55. The van der Waals surface area contributed by atoms with Crippen LogP contribution in [0.15, 0.2) is 36.2 Å². The van der Waals surface area contributed by atoms with E-state index in [0.717, 1.165) is 0 Å². The third kappa shape index (κ3) is 3.94. The first-order chi connectivity index (χ1) is 7.49. The molecule has 0 heterocycles. The zero-order valence-corrected chi connectivity index (χ0v) is 8.69. The number of hydrogen-bond donors (Lipinski definition) is 1. The van der Waals surface area contributed by atoms with Crippen LogP contribution in [0.2, 0.25) is 5.02 Å².